The lowest BCUT2D eigenvalue weighted by Crippen LogP contribution is -2.33. The summed E-state index contributed by atoms with van der Waals surface area (Å²) in [6, 6.07) is 13.9. The molecule has 0 fully saturated rings. The topological polar surface area (TPSA) is 93.4 Å². The van der Waals surface area contributed by atoms with Crippen LogP contribution >= 0.6 is 0 Å². The Balaban J connectivity index is 1.82. The summed E-state index contributed by atoms with van der Waals surface area (Å²) in [5, 5.41) is 2.74. The van der Waals surface area contributed by atoms with E-state index in [2.05, 4.69) is 5.32 Å². The molecule has 0 unspecified atom stereocenters. The Bertz CT molecular complexity index is 1230. The van der Waals surface area contributed by atoms with E-state index in [9.17, 15) is 18.0 Å². The number of nitrogens with one attached hydrogen (secondary N) is 1. The number of carbonyl (C=O) groups is 1. The number of benzene rings is 2. The molecule has 0 aliphatic carbocycles. The summed E-state index contributed by atoms with van der Waals surface area (Å²) in [5.41, 5.74) is 1.74. The Hall–Kier alpha value is -2.91. The number of amides is 1. The van der Waals surface area contributed by atoms with E-state index >= 15 is 0 Å². The van der Waals surface area contributed by atoms with Gasteiger partial charge >= 0.3 is 5.69 Å². The first-order valence-electron chi connectivity index (χ1n) is 9.72. The average Bonchev–Trinajstić information content (AvgIpc) is 2.98. The number of imidazole rings is 1. The number of para-hydroxylation sites is 2. The Morgan fingerprint density at radius 2 is 1.60 bits per heavy atom. The predicted molar refractivity (Wildman–Crippen MR) is 116 cm³/mol. The molecule has 1 amide bonds. The van der Waals surface area contributed by atoms with Crippen molar-refractivity contribution in [1.29, 1.82) is 0 Å². The lowest BCUT2D eigenvalue weighted by Gasteiger charge is -2.15. The minimum atomic E-state index is -3.63. The molecule has 9 heteroatoms. The van der Waals surface area contributed by atoms with Gasteiger partial charge in [0.2, 0.25) is 15.9 Å². The number of aromatic nitrogens is 2. The summed E-state index contributed by atoms with van der Waals surface area (Å²) in [6.07, 6.45) is 0.803. The quantitative estimate of drug-likeness (QED) is 0.590. The van der Waals surface area contributed by atoms with Crippen molar-refractivity contribution in [3.63, 3.8) is 0 Å². The molecular formula is C21H26N4O4S. The van der Waals surface area contributed by atoms with Crippen LogP contribution in [0.1, 0.15) is 18.9 Å². The van der Waals surface area contributed by atoms with Crippen LogP contribution in [-0.4, -0.2) is 41.9 Å². The van der Waals surface area contributed by atoms with Crippen molar-refractivity contribution >= 4 is 27.0 Å². The maximum absolute atomic E-state index is 12.8. The van der Waals surface area contributed by atoms with Gasteiger partial charge in [0.05, 0.1) is 15.9 Å². The fourth-order valence-electron chi connectivity index (χ4n) is 3.36. The monoisotopic (exact) mass is 430 g/mol. The van der Waals surface area contributed by atoms with Crippen LogP contribution in [0.2, 0.25) is 0 Å². The molecule has 8 nitrogen and oxygen atoms in total. The largest absolute Gasteiger partial charge is 0.350 e. The zero-order valence-electron chi connectivity index (χ0n) is 17.3. The zero-order valence-corrected chi connectivity index (χ0v) is 18.1. The molecule has 1 aromatic heterocycles. The third-order valence-corrected chi connectivity index (χ3v) is 6.80. The average molecular weight is 431 g/mol. The van der Waals surface area contributed by atoms with Crippen LogP contribution < -0.4 is 11.0 Å². The number of rotatable bonds is 8. The zero-order chi connectivity index (χ0) is 21.9. The molecular weight excluding hydrogens is 404 g/mol. The normalized spacial score (nSPS) is 11.9. The summed E-state index contributed by atoms with van der Waals surface area (Å²) in [5.74, 6) is -0.367. The highest BCUT2D eigenvalue weighted by atomic mass is 32.2. The van der Waals surface area contributed by atoms with Gasteiger partial charge in [-0.1, -0.05) is 37.3 Å². The Kier molecular flexibility index (Phi) is 6.42. The number of hydrogen-bond donors (Lipinski definition) is 1. The molecule has 0 spiro atoms. The Labute approximate surface area is 175 Å². The van der Waals surface area contributed by atoms with Gasteiger partial charge in [0.1, 0.15) is 6.54 Å². The van der Waals surface area contributed by atoms with Crippen molar-refractivity contribution in [1.82, 2.24) is 18.8 Å². The standard InChI is InChI=1S/C21H26N4O4S/c1-4-13-24-17-10-6-7-11-18(17)25(21(24)27)15-20(26)22-14-16-9-5-8-12-19(16)30(28,29)23(2)3/h5-12H,4,13-15H2,1-3H3,(H,22,26). The highest BCUT2D eigenvalue weighted by molar-refractivity contribution is 7.89. The molecule has 0 aliphatic heterocycles. The SMILES string of the molecule is CCCn1c(=O)n(CC(=O)NCc2ccccc2S(=O)(=O)N(C)C)c2ccccc21. The maximum atomic E-state index is 12.8. The summed E-state index contributed by atoms with van der Waals surface area (Å²) in [4.78, 5) is 25.6. The van der Waals surface area contributed by atoms with Crippen molar-refractivity contribution < 1.29 is 13.2 Å². The van der Waals surface area contributed by atoms with Crippen molar-refractivity contribution in [2.24, 2.45) is 0 Å². The van der Waals surface area contributed by atoms with Gasteiger partial charge in [-0.15, -0.1) is 0 Å². The van der Waals surface area contributed by atoms with Gasteiger partial charge < -0.3 is 5.32 Å². The molecule has 0 radical (unpaired) electrons. The summed E-state index contributed by atoms with van der Waals surface area (Å²) >= 11 is 0. The fourth-order valence-corrected chi connectivity index (χ4v) is 4.47. The Morgan fingerprint density at radius 3 is 2.23 bits per heavy atom. The van der Waals surface area contributed by atoms with E-state index in [0.717, 1.165) is 16.2 Å². The molecule has 160 valence electrons. The van der Waals surface area contributed by atoms with Crippen molar-refractivity contribution in [2.75, 3.05) is 14.1 Å². The highest BCUT2D eigenvalue weighted by Gasteiger charge is 2.21. The first-order valence-corrected chi connectivity index (χ1v) is 11.2. The minimum Gasteiger partial charge on any atom is -0.350 e. The van der Waals surface area contributed by atoms with Crippen LogP contribution in [0.3, 0.4) is 0 Å². The van der Waals surface area contributed by atoms with Gasteiger partial charge in [0, 0.05) is 27.2 Å². The van der Waals surface area contributed by atoms with Crippen LogP contribution in [0.5, 0.6) is 0 Å². The molecule has 0 saturated heterocycles. The van der Waals surface area contributed by atoms with E-state index in [4.69, 9.17) is 0 Å². The molecule has 3 aromatic rings. The molecule has 30 heavy (non-hydrogen) atoms. The van der Waals surface area contributed by atoms with Crippen LogP contribution in [-0.2, 0) is 34.5 Å². The third-order valence-electron chi connectivity index (χ3n) is 4.88. The highest BCUT2D eigenvalue weighted by Crippen LogP contribution is 2.18. The van der Waals surface area contributed by atoms with Gasteiger partial charge in [-0.25, -0.2) is 17.5 Å². The van der Waals surface area contributed by atoms with E-state index in [0.29, 0.717) is 17.6 Å². The van der Waals surface area contributed by atoms with E-state index in [-0.39, 0.29) is 29.6 Å². The van der Waals surface area contributed by atoms with Crippen LogP contribution in [0, 0.1) is 0 Å². The molecule has 0 saturated carbocycles. The van der Waals surface area contributed by atoms with Crippen LogP contribution in [0.15, 0.2) is 58.2 Å². The molecule has 1 heterocycles. The lowest BCUT2D eigenvalue weighted by atomic mass is 10.2. The Morgan fingerprint density at radius 1 is 1.00 bits per heavy atom. The number of sulfonamides is 1. The molecule has 3 rings (SSSR count). The van der Waals surface area contributed by atoms with E-state index in [1.807, 2.05) is 31.2 Å². The van der Waals surface area contributed by atoms with Gasteiger partial charge in [-0.2, -0.15) is 0 Å². The summed E-state index contributed by atoms with van der Waals surface area (Å²) in [7, 11) is -0.706. The summed E-state index contributed by atoms with van der Waals surface area (Å²) < 4.78 is 29.3. The van der Waals surface area contributed by atoms with Crippen molar-refractivity contribution in [3.8, 4) is 0 Å². The molecule has 0 bridgehead atoms. The number of fused-ring (bicyclic) bond motifs is 1. The predicted octanol–water partition coefficient (Wildman–Crippen LogP) is 1.78. The first-order chi connectivity index (χ1) is 14.3. The third kappa shape index (κ3) is 4.17. The van der Waals surface area contributed by atoms with Gasteiger partial charge in [0.25, 0.3) is 0 Å². The molecule has 0 atom stereocenters. The fraction of sp³-hybridized carbons (Fsp3) is 0.333. The first kappa shape index (κ1) is 21.8. The smallest absolute Gasteiger partial charge is 0.329 e. The van der Waals surface area contributed by atoms with Crippen molar-refractivity contribution in [3.05, 3.63) is 64.6 Å². The van der Waals surface area contributed by atoms with Gasteiger partial charge in [-0.05, 0) is 30.2 Å². The number of hydrogen-bond acceptors (Lipinski definition) is 4. The van der Waals surface area contributed by atoms with Gasteiger partial charge in [0.15, 0.2) is 0 Å². The maximum Gasteiger partial charge on any atom is 0.329 e. The minimum absolute atomic E-state index is 0.0461. The van der Waals surface area contributed by atoms with Gasteiger partial charge in [-0.3, -0.25) is 13.9 Å². The van der Waals surface area contributed by atoms with Crippen LogP contribution in [0.25, 0.3) is 11.0 Å². The second-order valence-corrected chi connectivity index (χ2v) is 9.30. The van der Waals surface area contributed by atoms with E-state index in [1.165, 1.54) is 24.7 Å². The molecule has 0 aliphatic rings. The summed E-state index contributed by atoms with van der Waals surface area (Å²) in [6.45, 7) is 2.47. The second kappa shape index (κ2) is 8.85. The number of aryl methyl sites for hydroxylation is 1. The number of nitrogens with zero attached hydrogens (tertiary/aromatic N) is 3. The second-order valence-electron chi connectivity index (χ2n) is 7.18. The molecule has 2 aromatic carbocycles. The van der Waals surface area contributed by atoms with Crippen LogP contribution in [0.4, 0.5) is 0 Å². The molecule has 1 N–H and O–H groups in total. The lowest BCUT2D eigenvalue weighted by molar-refractivity contribution is -0.121. The van der Waals surface area contributed by atoms with Crippen molar-refractivity contribution in [2.45, 2.75) is 37.9 Å². The van der Waals surface area contributed by atoms with E-state index < -0.39 is 10.0 Å². The number of carbonyl (C=O) groups excluding carboxylic acids is 1. The van der Waals surface area contributed by atoms with E-state index in [1.54, 1.807) is 22.8 Å².